The minimum absolute atomic E-state index is 0.0705. The molecule has 0 heterocycles. The van der Waals surface area contributed by atoms with Crippen LogP contribution in [-0.2, 0) is 0 Å². The van der Waals surface area contributed by atoms with E-state index in [0.717, 1.165) is 25.8 Å². The Balaban J connectivity index is 2.39. The molecule has 100 valence electrons. The maximum Gasteiger partial charge on any atom is 0.248 e. The van der Waals surface area contributed by atoms with Crippen LogP contribution in [0.4, 0.5) is 8.78 Å². The highest BCUT2D eigenvalue weighted by Crippen LogP contribution is 2.38. The van der Waals surface area contributed by atoms with Crippen LogP contribution in [-0.4, -0.2) is 18.5 Å². The summed E-state index contributed by atoms with van der Waals surface area (Å²) in [5, 5.41) is 3.46. The molecule has 0 aromatic heterocycles. The molecule has 3 heteroatoms. The number of hydrogen-bond acceptors (Lipinski definition) is 1. The zero-order valence-corrected chi connectivity index (χ0v) is 10.9. The van der Waals surface area contributed by atoms with E-state index in [4.69, 9.17) is 0 Å². The average molecular weight is 245 g/mol. The third-order valence-electron chi connectivity index (χ3n) is 3.72. The summed E-state index contributed by atoms with van der Waals surface area (Å²) in [6, 6.07) is 0.413. The molecule has 0 spiro atoms. The standard InChI is InChI=1S/C14H25F2N/c1-3-5-6-7-13(17-4-2)12-8-10-14(15,16)11-9-12/h3,12-13,17H,1,4-11H2,2H3. The first-order valence-corrected chi connectivity index (χ1v) is 6.81. The molecular weight excluding hydrogens is 220 g/mol. The molecule has 0 radical (unpaired) electrons. The van der Waals surface area contributed by atoms with Crippen molar-refractivity contribution in [2.24, 2.45) is 5.92 Å². The second kappa shape index (κ2) is 7.10. The van der Waals surface area contributed by atoms with Gasteiger partial charge >= 0.3 is 0 Å². The van der Waals surface area contributed by atoms with Gasteiger partial charge in [0.15, 0.2) is 0 Å². The smallest absolute Gasteiger partial charge is 0.248 e. The van der Waals surface area contributed by atoms with Crippen LogP contribution in [0.2, 0.25) is 0 Å². The summed E-state index contributed by atoms with van der Waals surface area (Å²) in [6.45, 7) is 6.72. The van der Waals surface area contributed by atoms with Gasteiger partial charge in [0.2, 0.25) is 5.92 Å². The summed E-state index contributed by atoms with van der Waals surface area (Å²) in [5.41, 5.74) is 0. The van der Waals surface area contributed by atoms with Crippen LogP contribution < -0.4 is 5.32 Å². The number of allylic oxidation sites excluding steroid dienone is 1. The molecule has 0 aliphatic heterocycles. The third-order valence-corrected chi connectivity index (χ3v) is 3.72. The van der Waals surface area contributed by atoms with Crippen molar-refractivity contribution in [3.8, 4) is 0 Å². The molecule has 1 N–H and O–H groups in total. The summed E-state index contributed by atoms with van der Waals surface area (Å²) in [4.78, 5) is 0. The molecule has 0 amide bonds. The minimum atomic E-state index is -2.41. The van der Waals surface area contributed by atoms with Gasteiger partial charge < -0.3 is 5.32 Å². The summed E-state index contributed by atoms with van der Waals surface area (Å²) in [7, 11) is 0. The fraction of sp³-hybridized carbons (Fsp3) is 0.857. The Morgan fingerprint density at radius 1 is 1.41 bits per heavy atom. The van der Waals surface area contributed by atoms with Crippen molar-refractivity contribution >= 4 is 0 Å². The van der Waals surface area contributed by atoms with Crippen LogP contribution in [0, 0.1) is 5.92 Å². The fourth-order valence-electron chi connectivity index (χ4n) is 2.71. The van der Waals surface area contributed by atoms with Gasteiger partial charge in [-0.05, 0) is 44.6 Å². The molecule has 1 atom stereocenters. The van der Waals surface area contributed by atoms with Crippen molar-refractivity contribution in [2.45, 2.75) is 63.8 Å². The first-order chi connectivity index (χ1) is 8.09. The number of nitrogens with one attached hydrogen (secondary N) is 1. The van der Waals surface area contributed by atoms with Gasteiger partial charge in [-0.15, -0.1) is 6.58 Å². The highest BCUT2D eigenvalue weighted by atomic mass is 19.3. The topological polar surface area (TPSA) is 12.0 Å². The normalized spacial score (nSPS) is 22.3. The van der Waals surface area contributed by atoms with Crippen LogP contribution >= 0.6 is 0 Å². The first-order valence-electron chi connectivity index (χ1n) is 6.81. The number of unbranched alkanes of at least 4 members (excludes halogenated alkanes) is 1. The SMILES string of the molecule is C=CCCCC(NCC)C1CCC(F)(F)CC1. The summed E-state index contributed by atoms with van der Waals surface area (Å²) >= 11 is 0. The minimum Gasteiger partial charge on any atom is -0.314 e. The van der Waals surface area contributed by atoms with Crippen LogP contribution in [0.25, 0.3) is 0 Å². The largest absolute Gasteiger partial charge is 0.314 e. The van der Waals surface area contributed by atoms with Crippen molar-refractivity contribution in [1.29, 1.82) is 0 Å². The quantitative estimate of drug-likeness (QED) is 0.525. The van der Waals surface area contributed by atoms with Crippen molar-refractivity contribution < 1.29 is 8.78 Å². The molecule has 0 aromatic rings. The Morgan fingerprint density at radius 3 is 2.59 bits per heavy atom. The lowest BCUT2D eigenvalue weighted by Gasteiger charge is -2.34. The van der Waals surface area contributed by atoms with E-state index in [1.807, 2.05) is 6.08 Å². The van der Waals surface area contributed by atoms with Crippen molar-refractivity contribution in [3.05, 3.63) is 12.7 Å². The van der Waals surface area contributed by atoms with Gasteiger partial charge in [-0.1, -0.05) is 13.0 Å². The number of hydrogen-bond donors (Lipinski definition) is 1. The number of halogens is 2. The molecule has 1 aliphatic rings. The molecule has 1 aliphatic carbocycles. The van der Waals surface area contributed by atoms with E-state index in [1.54, 1.807) is 0 Å². The third kappa shape index (κ3) is 5.15. The maximum atomic E-state index is 13.1. The Kier molecular flexibility index (Phi) is 6.10. The molecule has 1 fully saturated rings. The molecule has 0 aromatic carbocycles. The Hall–Kier alpha value is -0.440. The molecule has 0 saturated heterocycles. The highest BCUT2D eigenvalue weighted by molar-refractivity contribution is 4.85. The van der Waals surface area contributed by atoms with E-state index in [-0.39, 0.29) is 12.8 Å². The van der Waals surface area contributed by atoms with Crippen molar-refractivity contribution in [3.63, 3.8) is 0 Å². The van der Waals surface area contributed by atoms with E-state index in [1.165, 1.54) is 0 Å². The number of rotatable bonds is 7. The van der Waals surface area contributed by atoms with Gasteiger partial charge in [-0.25, -0.2) is 8.78 Å². The Bertz CT molecular complexity index is 218. The maximum absolute atomic E-state index is 13.1. The van der Waals surface area contributed by atoms with Crippen molar-refractivity contribution in [1.82, 2.24) is 5.32 Å². The predicted octanol–water partition coefficient (Wildman–Crippen LogP) is 4.15. The van der Waals surface area contributed by atoms with E-state index in [9.17, 15) is 8.78 Å². The predicted molar refractivity (Wildman–Crippen MR) is 68.4 cm³/mol. The molecule has 0 bridgehead atoms. The summed E-state index contributed by atoms with van der Waals surface area (Å²) < 4.78 is 26.2. The number of alkyl halides is 2. The fourth-order valence-corrected chi connectivity index (χ4v) is 2.71. The lowest BCUT2D eigenvalue weighted by molar-refractivity contribution is -0.0498. The molecule has 1 nitrogen and oxygen atoms in total. The second-order valence-electron chi connectivity index (χ2n) is 5.08. The van der Waals surface area contributed by atoms with Crippen molar-refractivity contribution in [2.75, 3.05) is 6.54 Å². The van der Waals surface area contributed by atoms with Crippen LogP contribution in [0.3, 0.4) is 0 Å². The molecule has 1 rings (SSSR count). The van der Waals surface area contributed by atoms with E-state index >= 15 is 0 Å². The average Bonchev–Trinajstić information content (AvgIpc) is 2.28. The lowest BCUT2D eigenvalue weighted by atomic mass is 9.80. The van der Waals surface area contributed by atoms with E-state index in [0.29, 0.717) is 24.8 Å². The summed E-state index contributed by atoms with van der Waals surface area (Å²) in [6.07, 6.45) is 6.60. The zero-order valence-electron chi connectivity index (χ0n) is 10.9. The first kappa shape index (κ1) is 14.6. The van der Waals surface area contributed by atoms with Crippen LogP contribution in [0.1, 0.15) is 51.9 Å². The van der Waals surface area contributed by atoms with Gasteiger partial charge in [0, 0.05) is 18.9 Å². The van der Waals surface area contributed by atoms with Gasteiger partial charge in [-0.3, -0.25) is 0 Å². The van der Waals surface area contributed by atoms with Gasteiger partial charge in [-0.2, -0.15) is 0 Å². The van der Waals surface area contributed by atoms with E-state index in [2.05, 4.69) is 18.8 Å². The van der Waals surface area contributed by atoms with Gasteiger partial charge in [0.1, 0.15) is 0 Å². The molecular formula is C14H25F2N. The summed E-state index contributed by atoms with van der Waals surface area (Å²) in [5.74, 6) is -1.98. The second-order valence-corrected chi connectivity index (χ2v) is 5.08. The Labute approximate surface area is 104 Å². The molecule has 17 heavy (non-hydrogen) atoms. The van der Waals surface area contributed by atoms with E-state index < -0.39 is 5.92 Å². The van der Waals surface area contributed by atoms with Gasteiger partial charge in [0.25, 0.3) is 0 Å². The lowest BCUT2D eigenvalue weighted by Crippen LogP contribution is -2.39. The highest BCUT2D eigenvalue weighted by Gasteiger charge is 2.37. The Morgan fingerprint density at radius 2 is 2.06 bits per heavy atom. The van der Waals surface area contributed by atoms with Gasteiger partial charge in [0.05, 0.1) is 0 Å². The van der Waals surface area contributed by atoms with Crippen LogP contribution in [0.5, 0.6) is 0 Å². The molecule has 1 unspecified atom stereocenters. The van der Waals surface area contributed by atoms with Crippen LogP contribution in [0.15, 0.2) is 12.7 Å². The molecule has 1 saturated carbocycles. The monoisotopic (exact) mass is 245 g/mol. The zero-order chi connectivity index (χ0) is 12.7.